The molecule has 1 aromatic rings. The fraction of sp³-hybridized carbons (Fsp3) is 0.625. The molecule has 1 aliphatic heterocycles. The maximum Gasteiger partial charge on any atom is 0.177 e. The molecule has 1 unspecified atom stereocenters. The van der Waals surface area contributed by atoms with Crippen LogP contribution in [0.5, 0.6) is 0 Å². The van der Waals surface area contributed by atoms with Gasteiger partial charge in [-0.2, -0.15) is 11.8 Å². The van der Waals surface area contributed by atoms with Crippen molar-refractivity contribution in [3.63, 3.8) is 0 Å². The Morgan fingerprint density at radius 2 is 2.58 bits per heavy atom. The van der Waals surface area contributed by atoms with Crippen LogP contribution < -0.4 is 0 Å². The molecule has 12 heavy (non-hydrogen) atoms. The van der Waals surface area contributed by atoms with E-state index in [4.69, 9.17) is 12.2 Å². The summed E-state index contributed by atoms with van der Waals surface area (Å²) in [6, 6.07) is 0.627. The van der Waals surface area contributed by atoms with Crippen LogP contribution in [0.4, 0.5) is 0 Å². The molecule has 1 N–H and O–H groups in total. The molecule has 0 aromatic carbocycles. The van der Waals surface area contributed by atoms with Crippen molar-refractivity contribution in [1.29, 1.82) is 0 Å². The van der Waals surface area contributed by atoms with Crippen molar-refractivity contribution in [3.8, 4) is 0 Å². The van der Waals surface area contributed by atoms with Crippen LogP contribution in [0.1, 0.15) is 18.9 Å². The van der Waals surface area contributed by atoms with Gasteiger partial charge in [-0.1, -0.05) is 0 Å². The van der Waals surface area contributed by atoms with Crippen LogP contribution in [0.3, 0.4) is 0 Å². The molecule has 2 heterocycles. The lowest BCUT2D eigenvalue weighted by atomic mass is 10.2. The summed E-state index contributed by atoms with van der Waals surface area (Å²) >= 11 is 7.19. The molecule has 1 aliphatic rings. The number of hydrogen-bond donors (Lipinski definition) is 1. The normalized spacial score (nSPS) is 24.2. The van der Waals surface area contributed by atoms with Gasteiger partial charge < -0.3 is 9.55 Å². The standard InChI is InChI=1S/C8H12N2S2/c11-8-9-3-4-10(8)7-2-1-5-12-6-7/h3-4,7H,1-2,5-6H2,(H,9,11). The Bertz CT molecular complexity index is 296. The predicted molar refractivity (Wildman–Crippen MR) is 55.2 cm³/mol. The highest BCUT2D eigenvalue weighted by Crippen LogP contribution is 2.26. The molecule has 66 valence electrons. The largest absolute Gasteiger partial charge is 0.337 e. The molecule has 1 saturated heterocycles. The van der Waals surface area contributed by atoms with Crippen LogP contribution >= 0.6 is 24.0 Å². The van der Waals surface area contributed by atoms with Gasteiger partial charge in [0.15, 0.2) is 4.77 Å². The Morgan fingerprint density at radius 3 is 3.17 bits per heavy atom. The molecule has 2 rings (SSSR count). The Hall–Kier alpha value is -0.220. The fourth-order valence-corrected chi connectivity index (χ4v) is 2.98. The van der Waals surface area contributed by atoms with Gasteiger partial charge in [0, 0.05) is 24.2 Å². The summed E-state index contributed by atoms with van der Waals surface area (Å²) < 4.78 is 3.05. The van der Waals surface area contributed by atoms with Crippen molar-refractivity contribution < 1.29 is 0 Å². The third-order valence-electron chi connectivity index (χ3n) is 2.21. The molecule has 1 aromatic heterocycles. The van der Waals surface area contributed by atoms with E-state index >= 15 is 0 Å². The number of aromatic nitrogens is 2. The maximum absolute atomic E-state index is 5.16. The second-order valence-electron chi connectivity index (χ2n) is 3.04. The molecule has 0 spiro atoms. The second-order valence-corrected chi connectivity index (χ2v) is 4.58. The van der Waals surface area contributed by atoms with E-state index in [-0.39, 0.29) is 0 Å². The highest BCUT2D eigenvalue weighted by molar-refractivity contribution is 7.99. The Balaban J connectivity index is 2.18. The second kappa shape index (κ2) is 3.66. The van der Waals surface area contributed by atoms with Crippen LogP contribution in [-0.4, -0.2) is 21.1 Å². The molecule has 2 nitrogen and oxygen atoms in total. The number of nitrogens with zero attached hydrogens (tertiary/aromatic N) is 1. The summed E-state index contributed by atoms with van der Waals surface area (Å²) in [6.07, 6.45) is 6.57. The highest BCUT2D eigenvalue weighted by Gasteiger charge is 2.15. The van der Waals surface area contributed by atoms with E-state index in [2.05, 4.69) is 15.7 Å². The smallest absolute Gasteiger partial charge is 0.177 e. The molecule has 0 amide bonds. The first-order valence-electron chi connectivity index (χ1n) is 4.21. The van der Waals surface area contributed by atoms with Gasteiger partial charge in [0.25, 0.3) is 0 Å². The SMILES string of the molecule is S=c1[nH]ccn1C1CCCSC1. The van der Waals surface area contributed by atoms with Crippen LogP contribution in [0.15, 0.2) is 12.4 Å². The summed E-state index contributed by atoms with van der Waals surface area (Å²) in [5.74, 6) is 2.53. The van der Waals surface area contributed by atoms with E-state index in [0.29, 0.717) is 6.04 Å². The Labute approximate surface area is 81.4 Å². The highest BCUT2D eigenvalue weighted by atomic mass is 32.2. The molecule has 0 bridgehead atoms. The van der Waals surface area contributed by atoms with Crippen LogP contribution in [0.2, 0.25) is 0 Å². The first-order chi connectivity index (χ1) is 5.88. The van der Waals surface area contributed by atoms with Gasteiger partial charge in [-0.05, 0) is 30.8 Å². The number of aromatic amines is 1. The van der Waals surface area contributed by atoms with Gasteiger partial charge in [0.1, 0.15) is 0 Å². The van der Waals surface area contributed by atoms with Crippen molar-refractivity contribution in [2.75, 3.05) is 11.5 Å². The van der Waals surface area contributed by atoms with Gasteiger partial charge in [0.2, 0.25) is 0 Å². The lowest BCUT2D eigenvalue weighted by Gasteiger charge is -2.22. The fourth-order valence-electron chi connectivity index (χ4n) is 1.56. The van der Waals surface area contributed by atoms with Crippen LogP contribution in [-0.2, 0) is 0 Å². The molecule has 0 aliphatic carbocycles. The summed E-state index contributed by atoms with van der Waals surface area (Å²) in [4.78, 5) is 3.03. The topological polar surface area (TPSA) is 20.7 Å². The summed E-state index contributed by atoms with van der Waals surface area (Å²) in [7, 11) is 0. The van der Waals surface area contributed by atoms with E-state index < -0.39 is 0 Å². The van der Waals surface area contributed by atoms with Crippen molar-refractivity contribution in [2.24, 2.45) is 0 Å². The molecule has 0 radical (unpaired) electrons. The number of rotatable bonds is 1. The van der Waals surface area contributed by atoms with Gasteiger partial charge >= 0.3 is 0 Å². The van der Waals surface area contributed by atoms with Crippen LogP contribution in [0, 0.1) is 4.77 Å². The summed E-state index contributed by atoms with van der Waals surface area (Å²) in [5, 5.41) is 0. The lowest BCUT2D eigenvalue weighted by molar-refractivity contribution is 0.494. The van der Waals surface area contributed by atoms with E-state index in [9.17, 15) is 0 Å². The summed E-state index contributed by atoms with van der Waals surface area (Å²) in [6.45, 7) is 0. The van der Waals surface area contributed by atoms with Gasteiger partial charge in [0.05, 0.1) is 0 Å². The predicted octanol–water partition coefficient (Wildman–Crippen LogP) is 2.61. The third-order valence-corrected chi connectivity index (χ3v) is 3.73. The van der Waals surface area contributed by atoms with E-state index in [1.54, 1.807) is 0 Å². The number of H-pyrrole nitrogens is 1. The number of thioether (sulfide) groups is 1. The minimum absolute atomic E-state index is 0.627. The van der Waals surface area contributed by atoms with Crippen molar-refractivity contribution in [3.05, 3.63) is 17.2 Å². The molecule has 4 heteroatoms. The quantitative estimate of drug-likeness (QED) is 0.703. The molecular formula is C8H12N2S2. The Morgan fingerprint density at radius 1 is 1.67 bits per heavy atom. The first-order valence-corrected chi connectivity index (χ1v) is 5.77. The number of imidazole rings is 1. The zero-order chi connectivity index (χ0) is 8.39. The van der Waals surface area contributed by atoms with Gasteiger partial charge in [-0.3, -0.25) is 0 Å². The van der Waals surface area contributed by atoms with Gasteiger partial charge in [-0.25, -0.2) is 0 Å². The average molecular weight is 200 g/mol. The van der Waals surface area contributed by atoms with Crippen molar-refractivity contribution >= 4 is 24.0 Å². The van der Waals surface area contributed by atoms with E-state index in [1.807, 2.05) is 18.0 Å². The van der Waals surface area contributed by atoms with E-state index in [0.717, 1.165) is 4.77 Å². The molecular weight excluding hydrogens is 188 g/mol. The van der Waals surface area contributed by atoms with Gasteiger partial charge in [-0.15, -0.1) is 0 Å². The first kappa shape index (κ1) is 8.38. The molecule has 0 saturated carbocycles. The molecule has 1 fully saturated rings. The van der Waals surface area contributed by atoms with Crippen molar-refractivity contribution in [2.45, 2.75) is 18.9 Å². The molecule has 1 atom stereocenters. The third kappa shape index (κ3) is 1.59. The number of hydrogen-bond acceptors (Lipinski definition) is 2. The van der Waals surface area contributed by atoms with Crippen molar-refractivity contribution in [1.82, 2.24) is 9.55 Å². The average Bonchev–Trinajstić information content (AvgIpc) is 2.53. The minimum atomic E-state index is 0.627. The minimum Gasteiger partial charge on any atom is -0.337 e. The maximum atomic E-state index is 5.16. The lowest BCUT2D eigenvalue weighted by Crippen LogP contribution is -2.15. The monoisotopic (exact) mass is 200 g/mol. The van der Waals surface area contributed by atoms with E-state index in [1.165, 1.54) is 24.3 Å². The number of nitrogens with one attached hydrogen (secondary N) is 1. The zero-order valence-corrected chi connectivity index (χ0v) is 8.46. The summed E-state index contributed by atoms with van der Waals surface area (Å²) in [5.41, 5.74) is 0. The zero-order valence-electron chi connectivity index (χ0n) is 6.82. The van der Waals surface area contributed by atoms with Crippen LogP contribution in [0.25, 0.3) is 0 Å². The Kier molecular flexibility index (Phi) is 2.56.